The van der Waals surface area contributed by atoms with Crippen LogP contribution in [0, 0.1) is 0 Å². The highest BCUT2D eigenvalue weighted by atomic mass is 35.5. The Kier molecular flexibility index (Phi) is 6.29. The van der Waals surface area contributed by atoms with E-state index in [2.05, 4.69) is 15.1 Å². The molecule has 1 aliphatic heterocycles. The van der Waals surface area contributed by atoms with Crippen molar-refractivity contribution in [2.75, 3.05) is 26.2 Å². The number of piperazine rings is 1. The van der Waals surface area contributed by atoms with Crippen LogP contribution in [-0.4, -0.2) is 54.0 Å². The summed E-state index contributed by atoms with van der Waals surface area (Å²) >= 11 is 6.18. The maximum Gasteiger partial charge on any atom is 0.249 e. The standard InChI is InChI=1S/C21H21ClN4O3S/c22-19-9-5-4-8-18(19)21-24-23-20(29-21)16-25-11-13-26(14-12-25)30(27,28)15-10-17-6-2-1-3-7-17/h1-10,15H,11-14,16H2/b15-10+. The molecule has 30 heavy (non-hydrogen) atoms. The van der Waals surface area contributed by atoms with E-state index in [-0.39, 0.29) is 0 Å². The van der Waals surface area contributed by atoms with Gasteiger partial charge in [-0.2, -0.15) is 4.31 Å². The lowest BCUT2D eigenvalue weighted by Crippen LogP contribution is -2.47. The Hall–Kier alpha value is -2.52. The summed E-state index contributed by atoms with van der Waals surface area (Å²) in [5, 5.41) is 10.00. The molecule has 1 aliphatic rings. The average Bonchev–Trinajstić information content (AvgIpc) is 3.22. The van der Waals surface area contributed by atoms with E-state index in [0.29, 0.717) is 55.1 Å². The van der Waals surface area contributed by atoms with E-state index in [1.165, 1.54) is 9.71 Å². The summed E-state index contributed by atoms with van der Waals surface area (Å²) in [5.41, 5.74) is 1.55. The van der Waals surface area contributed by atoms with E-state index in [0.717, 1.165) is 5.56 Å². The van der Waals surface area contributed by atoms with Crippen molar-refractivity contribution in [1.29, 1.82) is 0 Å². The SMILES string of the molecule is O=S(=O)(/C=C/c1ccccc1)N1CCN(Cc2nnc(-c3ccccc3Cl)o2)CC1. The van der Waals surface area contributed by atoms with Crippen molar-refractivity contribution in [3.63, 3.8) is 0 Å². The molecule has 3 aromatic rings. The van der Waals surface area contributed by atoms with Crippen LogP contribution in [0.5, 0.6) is 0 Å². The minimum absolute atomic E-state index is 0.378. The predicted molar refractivity (Wildman–Crippen MR) is 116 cm³/mol. The van der Waals surface area contributed by atoms with E-state index in [9.17, 15) is 8.42 Å². The van der Waals surface area contributed by atoms with Crippen LogP contribution in [0.3, 0.4) is 0 Å². The lowest BCUT2D eigenvalue weighted by Gasteiger charge is -2.32. The maximum absolute atomic E-state index is 12.6. The molecule has 2 heterocycles. The molecule has 9 heteroatoms. The monoisotopic (exact) mass is 444 g/mol. The molecule has 0 radical (unpaired) electrons. The first kappa shape index (κ1) is 20.7. The van der Waals surface area contributed by atoms with Crippen LogP contribution in [-0.2, 0) is 16.6 Å². The van der Waals surface area contributed by atoms with Gasteiger partial charge in [0.15, 0.2) is 0 Å². The van der Waals surface area contributed by atoms with Crippen molar-refractivity contribution in [3.05, 3.63) is 76.5 Å². The molecule has 156 valence electrons. The first-order chi connectivity index (χ1) is 14.5. The lowest BCUT2D eigenvalue weighted by atomic mass is 10.2. The molecule has 0 spiro atoms. The van der Waals surface area contributed by atoms with E-state index >= 15 is 0 Å². The van der Waals surface area contributed by atoms with Crippen LogP contribution in [0.1, 0.15) is 11.5 Å². The van der Waals surface area contributed by atoms with E-state index in [1.54, 1.807) is 12.1 Å². The largest absolute Gasteiger partial charge is 0.419 e. The number of aromatic nitrogens is 2. The van der Waals surface area contributed by atoms with Crippen LogP contribution in [0.4, 0.5) is 0 Å². The Morgan fingerprint density at radius 2 is 1.67 bits per heavy atom. The Morgan fingerprint density at radius 1 is 0.967 bits per heavy atom. The topological polar surface area (TPSA) is 79.5 Å². The zero-order valence-corrected chi connectivity index (χ0v) is 17.8. The first-order valence-corrected chi connectivity index (χ1v) is 11.4. The Labute approximate surface area is 180 Å². The number of hydrogen-bond donors (Lipinski definition) is 0. The first-order valence-electron chi connectivity index (χ1n) is 9.54. The fraction of sp³-hybridized carbons (Fsp3) is 0.238. The summed E-state index contributed by atoms with van der Waals surface area (Å²) in [6.45, 7) is 2.45. The number of hydrogen-bond acceptors (Lipinski definition) is 6. The van der Waals surface area contributed by atoms with Crippen molar-refractivity contribution in [1.82, 2.24) is 19.4 Å². The van der Waals surface area contributed by atoms with Gasteiger partial charge in [-0.25, -0.2) is 8.42 Å². The highest BCUT2D eigenvalue weighted by Crippen LogP contribution is 2.26. The van der Waals surface area contributed by atoms with E-state index in [1.807, 2.05) is 48.5 Å². The zero-order valence-electron chi connectivity index (χ0n) is 16.2. The Bertz CT molecular complexity index is 1120. The van der Waals surface area contributed by atoms with Crippen LogP contribution in [0.25, 0.3) is 17.5 Å². The maximum atomic E-state index is 12.6. The molecule has 0 bridgehead atoms. The third-order valence-corrected chi connectivity index (χ3v) is 6.75. The fourth-order valence-corrected chi connectivity index (χ4v) is 4.60. The molecule has 2 aromatic carbocycles. The highest BCUT2D eigenvalue weighted by molar-refractivity contribution is 7.92. The Balaban J connectivity index is 1.34. The normalized spacial score (nSPS) is 16.3. The minimum Gasteiger partial charge on any atom is -0.419 e. The van der Waals surface area contributed by atoms with Crippen molar-refractivity contribution in [2.45, 2.75) is 6.54 Å². The van der Waals surface area contributed by atoms with Gasteiger partial charge in [0.1, 0.15) is 0 Å². The molecule has 0 aliphatic carbocycles. The third kappa shape index (κ3) is 4.96. The second-order valence-electron chi connectivity index (χ2n) is 6.91. The van der Waals surface area contributed by atoms with Crippen molar-refractivity contribution < 1.29 is 12.8 Å². The summed E-state index contributed by atoms with van der Waals surface area (Å²) in [4.78, 5) is 2.09. The molecule has 0 N–H and O–H groups in total. The molecule has 4 rings (SSSR count). The molecule has 1 fully saturated rings. The molecule has 0 atom stereocenters. The minimum atomic E-state index is -3.45. The van der Waals surface area contributed by atoms with Gasteiger partial charge in [0.25, 0.3) is 0 Å². The molecular weight excluding hydrogens is 424 g/mol. The smallest absolute Gasteiger partial charge is 0.249 e. The van der Waals surface area contributed by atoms with Crippen LogP contribution in [0.15, 0.2) is 64.4 Å². The predicted octanol–water partition coefficient (Wildman–Crippen LogP) is 3.51. The van der Waals surface area contributed by atoms with E-state index in [4.69, 9.17) is 16.0 Å². The molecular formula is C21H21ClN4O3S. The number of nitrogens with zero attached hydrogens (tertiary/aromatic N) is 4. The van der Waals surface area contributed by atoms with E-state index < -0.39 is 10.0 Å². The quantitative estimate of drug-likeness (QED) is 0.578. The number of benzene rings is 2. The zero-order chi connectivity index (χ0) is 21.0. The molecule has 7 nitrogen and oxygen atoms in total. The molecule has 0 saturated carbocycles. The molecule has 0 unspecified atom stereocenters. The summed E-state index contributed by atoms with van der Waals surface area (Å²) < 4.78 is 32.4. The summed E-state index contributed by atoms with van der Waals surface area (Å²) in [5.74, 6) is 0.855. The van der Waals surface area contributed by atoms with Gasteiger partial charge in [-0.1, -0.05) is 54.1 Å². The molecule has 1 aromatic heterocycles. The van der Waals surface area contributed by atoms with Gasteiger partial charge in [-0.05, 0) is 23.8 Å². The summed E-state index contributed by atoms with van der Waals surface area (Å²) in [6, 6.07) is 16.7. The van der Waals surface area contributed by atoms with Gasteiger partial charge in [0, 0.05) is 31.6 Å². The van der Waals surface area contributed by atoms with Gasteiger partial charge >= 0.3 is 0 Å². The number of sulfonamides is 1. The lowest BCUT2D eigenvalue weighted by molar-refractivity contribution is 0.169. The van der Waals surface area contributed by atoms with Crippen LogP contribution >= 0.6 is 11.6 Å². The second kappa shape index (κ2) is 9.09. The Morgan fingerprint density at radius 3 is 2.40 bits per heavy atom. The fourth-order valence-electron chi connectivity index (χ4n) is 3.21. The number of halogens is 1. The summed E-state index contributed by atoms with van der Waals surface area (Å²) in [6.07, 6.45) is 1.62. The van der Waals surface area contributed by atoms with Gasteiger partial charge in [0.2, 0.25) is 21.8 Å². The second-order valence-corrected chi connectivity index (χ2v) is 9.14. The van der Waals surface area contributed by atoms with Crippen molar-refractivity contribution in [2.24, 2.45) is 0 Å². The number of rotatable bonds is 6. The summed E-state index contributed by atoms with van der Waals surface area (Å²) in [7, 11) is -3.45. The molecule has 0 amide bonds. The molecule has 1 saturated heterocycles. The van der Waals surface area contributed by atoms with Gasteiger partial charge in [-0.15, -0.1) is 10.2 Å². The van der Waals surface area contributed by atoms with Gasteiger partial charge in [0.05, 0.1) is 17.1 Å². The van der Waals surface area contributed by atoms with Crippen LogP contribution < -0.4 is 0 Å². The van der Waals surface area contributed by atoms with Crippen LogP contribution in [0.2, 0.25) is 5.02 Å². The average molecular weight is 445 g/mol. The van der Waals surface area contributed by atoms with Crippen molar-refractivity contribution >= 4 is 27.7 Å². The highest BCUT2D eigenvalue weighted by Gasteiger charge is 2.26. The van der Waals surface area contributed by atoms with Gasteiger partial charge in [-0.3, -0.25) is 4.90 Å². The van der Waals surface area contributed by atoms with Crippen molar-refractivity contribution in [3.8, 4) is 11.5 Å². The van der Waals surface area contributed by atoms with Gasteiger partial charge < -0.3 is 4.42 Å². The third-order valence-electron chi connectivity index (χ3n) is 4.85.